The Hall–Kier alpha value is -1.88. The lowest BCUT2D eigenvalue weighted by Crippen LogP contribution is -2.16. The minimum atomic E-state index is -0.247. The van der Waals surface area contributed by atoms with E-state index in [0.717, 1.165) is 49.3 Å². The third-order valence-electron chi connectivity index (χ3n) is 5.03. The average molecular weight is 328 g/mol. The molecule has 2 aromatic rings. The molecule has 0 aromatic carbocycles. The maximum Gasteiger partial charge on any atom is 0.355 e. The quantitative estimate of drug-likeness (QED) is 0.788. The number of fused-ring (bicyclic) bond motifs is 1. The SMILES string of the molecule is CCOC(=O)c1cc2ccc(C3CCOCC3)nc2n1CC1CC1. The Morgan fingerprint density at radius 3 is 2.79 bits per heavy atom. The van der Waals surface area contributed by atoms with Crippen LogP contribution in [0, 0.1) is 5.92 Å². The zero-order valence-electron chi connectivity index (χ0n) is 14.2. The topological polar surface area (TPSA) is 53.4 Å². The van der Waals surface area contributed by atoms with Gasteiger partial charge >= 0.3 is 5.97 Å². The Balaban J connectivity index is 1.74. The molecule has 0 atom stereocenters. The molecule has 0 N–H and O–H groups in total. The molecule has 4 rings (SSSR count). The zero-order valence-corrected chi connectivity index (χ0v) is 14.2. The highest BCUT2D eigenvalue weighted by molar-refractivity contribution is 5.94. The summed E-state index contributed by atoms with van der Waals surface area (Å²) in [6.45, 7) is 4.71. The van der Waals surface area contributed by atoms with Crippen LogP contribution in [0.5, 0.6) is 0 Å². The first kappa shape index (κ1) is 15.6. The number of carbonyl (C=O) groups excluding carboxylic acids is 1. The molecule has 2 fully saturated rings. The molecule has 0 bridgehead atoms. The monoisotopic (exact) mass is 328 g/mol. The van der Waals surface area contributed by atoms with Crippen molar-refractivity contribution in [2.45, 2.75) is 45.1 Å². The van der Waals surface area contributed by atoms with Crippen molar-refractivity contribution in [3.05, 3.63) is 29.6 Å². The van der Waals surface area contributed by atoms with Crippen molar-refractivity contribution >= 4 is 17.0 Å². The van der Waals surface area contributed by atoms with Crippen LogP contribution in [-0.2, 0) is 16.0 Å². The van der Waals surface area contributed by atoms with Gasteiger partial charge in [-0.15, -0.1) is 0 Å². The van der Waals surface area contributed by atoms with Gasteiger partial charge in [-0.3, -0.25) is 0 Å². The lowest BCUT2D eigenvalue weighted by molar-refractivity contribution is 0.0514. The first-order valence-corrected chi connectivity index (χ1v) is 9.01. The molecule has 3 heterocycles. The van der Waals surface area contributed by atoms with E-state index < -0.39 is 0 Å². The molecule has 2 aliphatic rings. The van der Waals surface area contributed by atoms with E-state index in [1.54, 1.807) is 0 Å². The number of hydrogen-bond acceptors (Lipinski definition) is 4. The van der Waals surface area contributed by atoms with E-state index in [1.165, 1.54) is 12.8 Å². The minimum Gasteiger partial charge on any atom is -0.461 e. The third-order valence-corrected chi connectivity index (χ3v) is 5.03. The second-order valence-electron chi connectivity index (χ2n) is 6.84. The molecule has 1 saturated carbocycles. The summed E-state index contributed by atoms with van der Waals surface area (Å²) in [4.78, 5) is 17.3. The number of carbonyl (C=O) groups is 1. The van der Waals surface area contributed by atoms with Crippen LogP contribution in [0.4, 0.5) is 0 Å². The van der Waals surface area contributed by atoms with Gasteiger partial charge in [0.1, 0.15) is 11.3 Å². The first-order valence-electron chi connectivity index (χ1n) is 9.01. The smallest absolute Gasteiger partial charge is 0.355 e. The van der Waals surface area contributed by atoms with Crippen LogP contribution >= 0.6 is 0 Å². The first-order chi connectivity index (χ1) is 11.8. The fourth-order valence-corrected chi connectivity index (χ4v) is 3.48. The fourth-order valence-electron chi connectivity index (χ4n) is 3.48. The normalized spacial score (nSPS) is 18.9. The highest BCUT2D eigenvalue weighted by atomic mass is 16.5. The number of esters is 1. The van der Waals surface area contributed by atoms with Crippen LogP contribution in [0.3, 0.4) is 0 Å². The molecule has 1 aliphatic heterocycles. The van der Waals surface area contributed by atoms with Gasteiger partial charge in [-0.2, -0.15) is 0 Å². The van der Waals surface area contributed by atoms with Crippen LogP contribution in [0.1, 0.15) is 54.7 Å². The lowest BCUT2D eigenvalue weighted by atomic mass is 9.96. The molecule has 128 valence electrons. The minimum absolute atomic E-state index is 0.247. The van der Waals surface area contributed by atoms with E-state index in [9.17, 15) is 4.79 Å². The molecule has 2 aromatic heterocycles. The molecule has 0 unspecified atom stereocenters. The van der Waals surface area contributed by atoms with E-state index >= 15 is 0 Å². The molecular formula is C19H24N2O3. The second-order valence-corrected chi connectivity index (χ2v) is 6.84. The van der Waals surface area contributed by atoms with Gasteiger partial charge in [0.25, 0.3) is 0 Å². The molecular weight excluding hydrogens is 304 g/mol. The van der Waals surface area contributed by atoms with Crippen LogP contribution < -0.4 is 0 Å². The predicted octanol–water partition coefficient (Wildman–Crippen LogP) is 3.52. The molecule has 5 heteroatoms. The Labute approximate surface area is 142 Å². The van der Waals surface area contributed by atoms with Gasteiger partial charge in [0.05, 0.1) is 6.61 Å². The number of hydrogen-bond donors (Lipinski definition) is 0. The van der Waals surface area contributed by atoms with E-state index in [4.69, 9.17) is 14.5 Å². The van der Waals surface area contributed by atoms with Crippen molar-refractivity contribution in [1.29, 1.82) is 0 Å². The molecule has 0 amide bonds. The number of aromatic nitrogens is 2. The highest BCUT2D eigenvalue weighted by Crippen LogP contribution is 2.34. The number of ether oxygens (including phenoxy) is 2. The Bertz CT molecular complexity index is 742. The summed E-state index contributed by atoms with van der Waals surface area (Å²) in [5.41, 5.74) is 2.68. The largest absolute Gasteiger partial charge is 0.461 e. The molecule has 5 nitrogen and oxygen atoms in total. The summed E-state index contributed by atoms with van der Waals surface area (Å²) in [7, 11) is 0. The van der Waals surface area contributed by atoms with Crippen molar-refractivity contribution < 1.29 is 14.3 Å². The molecule has 1 aliphatic carbocycles. The van der Waals surface area contributed by atoms with Crippen LogP contribution in [0.15, 0.2) is 18.2 Å². The van der Waals surface area contributed by atoms with Crippen molar-refractivity contribution in [2.75, 3.05) is 19.8 Å². The van der Waals surface area contributed by atoms with Gasteiger partial charge < -0.3 is 14.0 Å². The number of rotatable bonds is 5. The van der Waals surface area contributed by atoms with E-state index in [1.807, 2.05) is 13.0 Å². The number of nitrogens with zero attached hydrogens (tertiary/aromatic N) is 2. The molecule has 0 spiro atoms. The van der Waals surface area contributed by atoms with Crippen molar-refractivity contribution in [1.82, 2.24) is 9.55 Å². The lowest BCUT2D eigenvalue weighted by Gasteiger charge is -2.21. The molecule has 0 radical (unpaired) electrons. The Morgan fingerprint density at radius 1 is 1.29 bits per heavy atom. The maximum atomic E-state index is 12.3. The van der Waals surface area contributed by atoms with E-state index in [0.29, 0.717) is 24.1 Å². The fraction of sp³-hybridized carbons (Fsp3) is 0.579. The van der Waals surface area contributed by atoms with Gasteiger partial charge in [0.2, 0.25) is 0 Å². The van der Waals surface area contributed by atoms with Gasteiger partial charge in [-0.1, -0.05) is 0 Å². The van der Waals surface area contributed by atoms with Crippen LogP contribution in [-0.4, -0.2) is 35.3 Å². The van der Waals surface area contributed by atoms with Crippen LogP contribution in [0.2, 0.25) is 0 Å². The van der Waals surface area contributed by atoms with Gasteiger partial charge in [-0.05, 0) is 56.7 Å². The van der Waals surface area contributed by atoms with Crippen molar-refractivity contribution in [3.8, 4) is 0 Å². The second kappa shape index (κ2) is 6.55. The van der Waals surface area contributed by atoms with Crippen LogP contribution in [0.25, 0.3) is 11.0 Å². The Kier molecular flexibility index (Phi) is 4.27. The highest BCUT2D eigenvalue weighted by Gasteiger charge is 2.27. The van der Waals surface area contributed by atoms with Gasteiger partial charge in [-0.25, -0.2) is 9.78 Å². The summed E-state index contributed by atoms with van der Waals surface area (Å²) in [6, 6.07) is 6.13. The summed E-state index contributed by atoms with van der Waals surface area (Å²) in [5, 5.41) is 1.02. The summed E-state index contributed by atoms with van der Waals surface area (Å²) in [5.74, 6) is 0.879. The van der Waals surface area contributed by atoms with Gasteiger partial charge in [0, 0.05) is 36.8 Å². The predicted molar refractivity (Wildman–Crippen MR) is 91.2 cm³/mol. The van der Waals surface area contributed by atoms with Crippen molar-refractivity contribution in [3.63, 3.8) is 0 Å². The summed E-state index contributed by atoms with van der Waals surface area (Å²) in [6.07, 6.45) is 4.52. The molecule has 1 saturated heterocycles. The summed E-state index contributed by atoms with van der Waals surface area (Å²) >= 11 is 0. The maximum absolute atomic E-state index is 12.3. The van der Waals surface area contributed by atoms with E-state index in [-0.39, 0.29) is 5.97 Å². The van der Waals surface area contributed by atoms with Gasteiger partial charge in [0.15, 0.2) is 0 Å². The summed E-state index contributed by atoms with van der Waals surface area (Å²) < 4.78 is 12.8. The van der Waals surface area contributed by atoms with E-state index in [2.05, 4.69) is 16.7 Å². The zero-order chi connectivity index (χ0) is 16.5. The third kappa shape index (κ3) is 3.05. The average Bonchev–Trinajstić information content (AvgIpc) is 3.36. The Morgan fingerprint density at radius 2 is 2.08 bits per heavy atom. The number of pyridine rings is 1. The standard InChI is InChI=1S/C19H24N2O3/c1-2-24-19(22)17-11-15-5-6-16(14-7-9-23-10-8-14)20-18(15)21(17)12-13-3-4-13/h5-6,11,13-14H,2-4,7-10,12H2,1H3. The molecule has 24 heavy (non-hydrogen) atoms. The van der Waals surface area contributed by atoms with Crippen molar-refractivity contribution in [2.24, 2.45) is 5.92 Å².